The second-order valence-electron chi connectivity index (χ2n) is 5.85. The van der Waals surface area contributed by atoms with E-state index in [1.807, 2.05) is 16.8 Å². The maximum absolute atomic E-state index is 11.8. The Labute approximate surface area is 163 Å². The van der Waals surface area contributed by atoms with Crippen LogP contribution in [0.15, 0.2) is 58.3 Å². The summed E-state index contributed by atoms with van der Waals surface area (Å²) in [5.74, 6) is -0.447. The van der Waals surface area contributed by atoms with Crippen molar-refractivity contribution < 1.29 is 4.42 Å². The standard InChI is InChI=1S/C18H12Cl3N3O2/c1-23-15-8-14(21)12(7-16(15)26-18(23)25)17(24-5-4-22-9-24)11-3-2-10(19)6-13(11)20/h2-9,17H,1H3. The predicted octanol–water partition coefficient (Wildman–Crippen LogP) is 4.93. The molecular weight excluding hydrogens is 397 g/mol. The molecule has 0 radical (unpaired) electrons. The molecule has 0 aliphatic rings. The van der Waals surface area contributed by atoms with Gasteiger partial charge in [-0.25, -0.2) is 9.78 Å². The number of imidazole rings is 1. The molecule has 0 aliphatic heterocycles. The first-order valence-electron chi connectivity index (χ1n) is 7.67. The number of halogens is 3. The van der Waals surface area contributed by atoms with Gasteiger partial charge in [-0.3, -0.25) is 4.57 Å². The highest BCUT2D eigenvalue weighted by Crippen LogP contribution is 2.38. The van der Waals surface area contributed by atoms with Gasteiger partial charge in [-0.15, -0.1) is 0 Å². The third-order valence-electron chi connectivity index (χ3n) is 4.29. The summed E-state index contributed by atoms with van der Waals surface area (Å²) in [5, 5.41) is 1.53. The van der Waals surface area contributed by atoms with Crippen LogP contribution in [0.4, 0.5) is 0 Å². The van der Waals surface area contributed by atoms with E-state index < -0.39 is 5.76 Å². The molecule has 0 saturated carbocycles. The van der Waals surface area contributed by atoms with Crippen LogP contribution in [-0.2, 0) is 7.05 Å². The fourth-order valence-corrected chi connectivity index (χ4v) is 3.78. The summed E-state index contributed by atoms with van der Waals surface area (Å²) in [7, 11) is 1.63. The third-order valence-corrected chi connectivity index (χ3v) is 5.18. The van der Waals surface area contributed by atoms with Crippen molar-refractivity contribution in [2.24, 2.45) is 7.05 Å². The van der Waals surface area contributed by atoms with Crippen LogP contribution in [0.5, 0.6) is 0 Å². The fourth-order valence-electron chi connectivity index (χ4n) is 3.01. The van der Waals surface area contributed by atoms with Crippen molar-refractivity contribution in [3.63, 3.8) is 0 Å². The third kappa shape index (κ3) is 2.82. The van der Waals surface area contributed by atoms with Crippen LogP contribution in [0, 0.1) is 0 Å². The van der Waals surface area contributed by atoms with E-state index in [-0.39, 0.29) is 6.04 Å². The van der Waals surface area contributed by atoms with Crippen molar-refractivity contribution in [3.05, 3.63) is 85.8 Å². The first-order chi connectivity index (χ1) is 12.5. The number of oxazole rings is 1. The zero-order valence-electron chi connectivity index (χ0n) is 13.5. The molecule has 0 bridgehead atoms. The van der Waals surface area contributed by atoms with E-state index >= 15 is 0 Å². The Kier molecular flexibility index (Phi) is 4.31. The van der Waals surface area contributed by atoms with E-state index in [2.05, 4.69) is 4.98 Å². The first-order valence-corrected chi connectivity index (χ1v) is 8.80. The minimum Gasteiger partial charge on any atom is -0.408 e. The number of fused-ring (bicyclic) bond motifs is 1. The Morgan fingerprint density at radius 2 is 1.85 bits per heavy atom. The summed E-state index contributed by atoms with van der Waals surface area (Å²) in [6.07, 6.45) is 5.17. The molecule has 0 aliphatic carbocycles. The number of aryl methyl sites for hydroxylation is 1. The summed E-state index contributed by atoms with van der Waals surface area (Å²) in [6, 6.07) is 8.40. The number of aromatic nitrogens is 3. The van der Waals surface area contributed by atoms with Gasteiger partial charge in [0.05, 0.1) is 17.9 Å². The van der Waals surface area contributed by atoms with Crippen molar-refractivity contribution in [3.8, 4) is 0 Å². The second-order valence-corrected chi connectivity index (χ2v) is 7.10. The molecule has 132 valence electrons. The highest BCUT2D eigenvalue weighted by molar-refractivity contribution is 6.35. The first kappa shape index (κ1) is 17.2. The molecule has 5 nitrogen and oxygen atoms in total. The van der Waals surface area contributed by atoms with Crippen molar-refractivity contribution in [2.45, 2.75) is 6.04 Å². The Morgan fingerprint density at radius 3 is 2.54 bits per heavy atom. The van der Waals surface area contributed by atoms with Crippen LogP contribution in [0.25, 0.3) is 11.1 Å². The van der Waals surface area contributed by atoms with Gasteiger partial charge in [0.2, 0.25) is 0 Å². The van der Waals surface area contributed by atoms with E-state index in [0.29, 0.717) is 26.2 Å². The van der Waals surface area contributed by atoms with Gasteiger partial charge in [0.15, 0.2) is 5.58 Å². The minimum atomic E-state index is -0.447. The number of hydrogen-bond acceptors (Lipinski definition) is 3. The predicted molar refractivity (Wildman–Crippen MR) is 102 cm³/mol. The summed E-state index contributed by atoms with van der Waals surface area (Å²) in [5.41, 5.74) is 2.60. The molecular formula is C18H12Cl3N3O2. The Morgan fingerprint density at radius 1 is 1.08 bits per heavy atom. The molecule has 0 amide bonds. The summed E-state index contributed by atoms with van der Waals surface area (Å²) >= 11 is 19.1. The van der Waals surface area contributed by atoms with Gasteiger partial charge < -0.3 is 8.98 Å². The van der Waals surface area contributed by atoms with Crippen molar-refractivity contribution >= 4 is 45.9 Å². The molecule has 4 rings (SSSR count). The van der Waals surface area contributed by atoms with Crippen LogP contribution in [0.3, 0.4) is 0 Å². The number of nitrogens with zero attached hydrogens (tertiary/aromatic N) is 3. The Bertz CT molecular complexity index is 1160. The van der Waals surface area contributed by atoms with Gasteiger partial charge >= 0.3 is 5.76 Å². The zero-order chi connectivity index (χ0) is 18.4. The van der Waals surface area contributed by atoms with Crippen molar-refractivity contribution in [2.75, 3.05) is 0 Å². The van der Waals surface area contributed by atoms with Crippen LogP contribution in [-0.4, -0.2) is 14.1 Å². The maximum atomic E-state index is 11.8. The van der Waals surface area contributed by atoms with E-state index in [9.17, 15) is 4.79 Å². The van der Waals surface area contributed by atoms with E-state index in [4.69, 9.17) is 39.2 Å². The minimum absolute atomic E-state index is 0.357. The molecule has 2 aromatic carbocycles. The molecule has 8 heteroatoms. The van der Waals surface area contributed by atoms with E-state index in [1.54, 1.807) is 43.8 Å². The monoisotopic (exact) mass is 407 g/mol. The Hall–Kier alpha value is -2.21. The van der Waals surface area contributed by atoms with Crippen LogP contribution in [0.2, 0.25) is 15.1 Å². The number of rotatable bonds is 3. The highest BCUT2D eigenvalue weighted by atomic mass is 35.5. The number of benzene rings is 2. The molecule has 1 atom stereocenters. The lowest BCUT2D eigenvalue weighted by Crippen LogP contribution is -2.12. The molecule has 2 aromatic heterocycles. The summed E-state index contributed by atoms with van der Waals surface area (Å²) in [6.45, 7) is 0. The SMILES string of the molecule is Cn1c(=O)oc2cc(C(c3ccc(Cl)cc3Cl)n3ccnc3)c(Cl)cc21. The van der Waals surface area contributed by atoms with Gasteiger partial charge in [-0.1, -0.05) is 40.9 Å². The largest absolute Gasteiger partial charge is 0.419 e. The van der Waals surface area contributed by atoms with Gasteiger partial charge in [0, 0.05) is 40.1 Å². The fraction of sp³-hybridized carbons (Fsp3) is 0.111. The maximum Gasteiger partial charge on any atom is 0.419 e. The van der Waals surface area contributed by atoms with Crippen molar-refractivity contribution in [1.29, 1.82) is 0 Å². The van der Waals surface area contributed by atoms with Crippen LogP contribution >= 0.6 is 34.8 Å². The van der Waals surface area contributed by atoms with Gasteiger partial charge in [-0.05, 0) is 29.8 Å². The zero-order valence-corrected chi connectivity index (χ0v) is 15.8. The smallest absolute Gasteiger partial charge is 0.408 e. The molecule has 26 heavy (non-hydrogen) atoms. The normalized spacial score (nSPS) is 12.6. The number of hydrogen-bond donors (Lipinski definition) is 0. The lowest BCUT2D eigenvalue weighted by molar-refractivity contribution is 0.527. The summed E-state index contributed by atoms with van der Waals surface area (Å²) < 4.78 is 8.60. The van der Waals surface area contributed by atoms with Gasteiger partial charge in [-0.2, -0.15) is 0 Å². The molecule has 4 aromatic rings. The lowest BCUT2D eigenvalue weighted by atomic mass is 9.98. The molecule has 0 fully saturated rings. The van der Waals surface area contributed by atoms with E-state index in [1.165, 1.54) is 4.57 Å². The average molecular weight is 409 g/mol. The van der Waals surface area contributed by atoms with Crippen LogP contribution in [0.1, 0.15) is 17.2 Å². The molecule has 0 saturated heterocycles. The molecule has 0 spiro atoms. The molecule has 2 heterocycles. The van der Waals surface area contributed by atoms with E-state index in [0.717, 1.165) is 11.1 Å². The molecule has 0 N–H and O–H groups in total. The second kappa shape index (κ2) is 6.50. The van der Waals surface area contributed by atoms with Gasteiger partial charge in [0.25, 0.3) is 0 Å². The summed E-state index contributed by atoms with van der Waals surface area (Å²) in [4.78, 5) is 15.9. The topological polar surface area (TPSA) is 53.0 Å². The van der Waals surface area contributed by atoms with Crippen molar-refractivity contribution in [1.82, 2.24) is 14.1 Å². The lowest BCUT2D eigenvalue weighted by Gasteiger charge is -2.22. The average Bonchev–Trinajstić information content (AvgIpc) is 3.21. The van der Waals surface area contributed by atoms with Crippen LogP contribution < -0.4 is 5.76 Å². The van der Waals surface area contributed by atoms with Gasteiger partial charge in [0.1, 0.15) is 0 Å². The highest BCUT2D eigenvalue weighted by Gasteiger charge is 2.23. The molecule has 1 unspecified atom stereocenters. The Balaban J connectivity index is 1.99. The quantitative estimate of drug-likeness (QED) is 0.483.